The van der Waals surface area contributed by atoms with Gasteiger partial charge in [0, 0.05) is 13.1 Å². The zero-order valence-corrected chi connectivity index (χ0v) is 14.2. The summed E-state index contributed by atoms with van der Waals surface area (Å²) >= 11 is 0. The lowest BCUT2D eigenvalue weighted by atomic mass is 10.1. The van der Waals surface area contributed by atoms with E-state index in [-0.39, 0.29) is 17.7 Å². The third kappa shape index (κ3) is 3.21. The number of hydrogen-bond acceptors (Lipinski definition) is 4. The maximum atomic E-state index is 12.3. The molecular formula is C20H21N3O2. The third-order valence-corrected chi connectivity index (χ3v) is 4.84. The minimum atomic E-state index is -0.0830. The van der Waals surface area contributed by atoms with Crippen molar-refractivity contribution in [2.45, 2.75) is 19.1 Å². The van der Waals surface area contributed by atoms with Gasteiger partial charge in [-0.2, -0.15) is 0 Å². The normalized spacial score (nSPS) is 19.8. The fourth-order valence-electron chi connectivity index (χ4n) is 3.37. The van der Waals surface area contributed by atoms with E-state index in [4.69, 9.17) is 4.74 Å². The van der Waals surface area contributed by atoms with Crippen LogP contribution < -0.4 is 5.56 Å². The summed E-state index contributed by atoms with van der Waals surface area (Å²) in [7, 11) is 0. The van der Waals surface area contributed by atoms with Gasteiger partial charge in [-0.3, -0.25) is 9.69 Å². The van der Waals surface area contributed by atoms with E-state index in [9.17, 15) is 4.79 Å². The number of benzene rings is 2. The number of H-pyrrole nitrogens is 1. The van der Waals surface area contributed by atoms with Crippen molar-refractivity contribution in [1.82, 2.24) is 14.9 Å². The van der Waals surface area contributed by atoms with E-state index in [2.05, 4.69) is 33.9 Å². The SMILES string of the molecule is C[C@@H](c1nc2ccccc2c(=O)[nH]1)N1CCO[C@@H](c2ccccc2)C1. The van der Waals surface area contributed by atoms with Gasteiger partial charge in [0.1, 0.15) is 5.82 Å². The van der Waals surface area contributed by atoms with E-state index in [1.54, 1.807) is 6.07 Å². The molecule has 1 saturated heterocycles. The molecule has 1 N–H and O–H groups in total. The zero-order valence-electron chi connectivity index (χ0n) is 14.2. The Kier molecular flexibility index (Phi) is 4.34. The number of aromatic amines is 1. The van der Waals surface area contributed by atoms with E-state index >= 15 is 0 Å². The molecule has 5 nitrogen and oxygen atoms in total. The molecule has 0 aliphatic carbocycles. The van der Waals surface area contributed by atoms with Gasteiger partial charge in [0.05, 0.1) is 29.7 Å². The molecule has 128 valence electrons. The molecule has 0 unspecified atom stereocenters. The van der Waals surface area contributed by atoms with Crippen LogP contribution in [0.25, 0.3) is 10.9 Å². The number of hydrogen-bond donors (Lipinski definition) is 1. The highest BCUT2D eigenvalue weighted by Gasteiger charge is 2.27. The summed E-state index contributed by atoms with van der Waals surface area (Å²) in [6.07, 6.45) is 0.0459. The lowest BCUT2D eigenvalue weighted by Gasteiger charge is -2.36. The summed E-state index contributed by atoms with van der Waals surface area (Å²) in [6.45, 7) is 4.35. The first-order valence-corrected chi connectivity index (χ1v) is 8.62. The van der Waals surface area contributed by atoms with Crippen LogP contribution in [0.4, 0.5) is 0 Å². The second-order valence-corrected chi connectivity index (χ2v) is 6.41. The largest absolute Gasteiger partial charge is 0.371 e. The molecule has 2 aromatic carbocycles. The Balaban J connectivity index is 1.60. The number of aromatic nitrogens is 2. The molecule has 0 bridgehead atoms. The van der Waals surface area contributed by atoms with Gasteiger partial charge >= 0.3 is 0 Å². The number of fused-ring (bicyclic) bond motifs is 1. The number of ether oxygens (including phenoxy) is 1. The van der Waals surface area contributed by atoms with Crippen molar-refractivity contribution >= 4 is 10.9 Å². The van der Waals surface area contributed by atoms with Crippen molar-refractivity contribution < 1.29 is 4.74 Å². The summed E-state index contributed by atoms with van der Waals surface area (Å²) in [4.78, 5) is 22.3. The summed E-state index contributed by atoms with van der Waals surface area (Å²) in [5.74, 6) is 0.706. The topological polar surface area (TPSA) is 58.2 Å². The second kappa shape index (κ2) is 6.78. The fraction of sp³-hybridized carbons (Fsp3) is 0.300. The predicted molar refractivity (Wildman–Crippen MR) is 97.5 cm³/mol. The Morgan fingerprint density at radius 1 is 1.16 bits per heavy atom. The first-order chi connectivity index (χ1) is 12.2. The second-order valence-electron chi connectivity index (χ2n) is 6.41. The number of rotatable bonds is 3. The number of morpholine rings is 1. The average molecular weight is 335 g/mol. The van der Waals surface area contributed by atoms with E-state index in [0.29, 0.717) is 17.8 Å². The average Bonchev–Trinajstić information content (AvgIpc) is 2.68. The van der Waals surface area contributed by atoms with Crippen LogP contribution >= 0.6 is 0 Å². The molecule has 3 aromatic rings. The Morgan fingerprint density at radius 2 is 1.92 bits per heavy atom. The van der Waals surface area contributed by atoms with Gasteiger partial charge in [-0.25, -0.2) is 4.98 Å². The van der Waals surface area contributed by atoms with Crippen molar-refractivity contribution in [3.05, 3.63) is 76.3 Å². The maximum absolute atomic E-state index is 12.3. The Morgan fingerprint density at radius 3 is 2.76 bits per heavy atom. The van der Waals surface area contributed by atoms with Crippen molar-refractivity contribution in [2.24, 2.45) is 0 Å². The molecule has 0 spiro atoms. The van der Waals surface area contributed by atoms with Crippen LogP contribution in [-0.4, -0.2) is 34.6 Å². The quantitative estimate of drug-likeness (QED) is 0.799. The van der Waals surface area contributed by atoms with Gasteiger partial charge in [-0.05, 0) is 24.6 Å². The highest BCUT2D eigenvalue weighted by atomic mass is 16.5. The van der Waals surface area contributed by atoms with Crippen LogP contribution in [0.3, 0.4) is 0 Å². The van der Waals surface area contributed by atoms with Crippen LogP contribution in [0, 0.1) is 0 Å². The minimum absolute atomic E-state index is 0.0208. The highest BCUT2D eigenvalue weighted by Crippen LogP contribution is 2.27. The minimum Gasteiger partial charge on any atom is -0.371 e. The molecule has 4 rings (SSSR count). The van der Waals surface area contributed by atoms with E-state index < -0.39 is 0 Å². The summed E-state index contributed by atoms with van der Waals surface area (Å²) < 4.78 is 5.94. The molecule has 0 radical (unpaired) electrons. The van der Waals surface area contributed by atoms with Gasteiger partial charge in [-0.1, -0.05) is 42.5 Å². The standard InChI is InChI=1S/C20H21N3O2/c1-14(19-21-17-10-6-5-9-16(17)20(24)22-19)23-11-12-25-18(13-23)15-7-3-2-4-8-15/h2-10,14,18H,11-13H2,1H3,(H,21,22,24)/t14-,18+/m0/s1. The predicted octanol–water partition coefficient (Wildman–Crippen LogP) is 3.06. The van der Waals surface area contributed by atoms with Crippen LogP contribution in [0.5, 0.6) is 0 Å². The van der Waals surface area contributed by atoms with E-state index in [1.807, 2.05) is 36.4 Å². The molecule has 5 heteroatoms. The highest BCUT2D eigenvalue weighted by molar-refractivity contribution is 5.77. The van der Waals surface area contributed by atoms with E-state index in [1.165, 1.54) is 5.56 Å². The monoisotopic (exact) mass is 335 g/mol. The van der Waals surface area contributed by atoms with Gasteiger partial charge in [-0.15, -0.1) is 0 Å². The van der Waals surface area contributed by atoms with Crippen LogP contribution in [0.15, 0.2) is 59.4 Å². The molecule has 0 saturated carbocycles. The van der Waals surface area contributed by atoms with Crippen LogP contribution in [0.2, 0.25) is 0 Å². The smallest absolute Gasteiger partial charge is 0.258 e. The molecule has 2 atom stereocenters. The van der Waals surface area contributed by atoms with Gasteiger partial charge < -0.3 is 9.72 Å². The van der Waals surface area contributed by atoms with Crippen LogP contribution in [0.1, 0.15) is 30.5 Å². The lowest BCUT2D eigenvalue weighted by Crippen LogP contribution is -2.40. The Bertz CT molecular complexity index is 923. The van der Waals surface area contributed by atoms with Gasteiger partial charge in [0.15, 0.2) is 0 Å². The molecule has 1 aliphatic heterocycles. The molecule has 0 amide bonds. The Hall–Kier alpha value is -2.50. The fourth-order valence-corrected chi connectivity index (χ4v) is 3.37. The molecule has 25 heavy (non-hydrogen) atoms. The molecule has 1 aliphatic rings. The summed E-state index contributed by atoms with van der Waals surface area (Å²) in [5, 5.41) is 0.627. The first-order valence-electron chi connectivity index (χ1n) is 8.62. The first kappa shape index (κ1) is 16.0. The number of para-hydroxylation sites is 1. The van der Waals surface area contributed by atoms with Crippen LogP contribution in [-0.2, 0) is 4.74 Å². The number of nitrogens with zero attached hydrogens (tertiary/aromatic N) is 2. The zero-order chi connectivity index (χ0) is 17.2. The molecule has 1 aromatic heterocycles. The molecular weight excluding hydrogens is 314 g/mol. The van der Waals surface area contributed by atoms with Gasteiger partial charge in [0.2, 0.25) is 0 Å². The Labute approximate surface area is 146 Å². The molecule has 2 heterocycles. The molecule has 1 fully saturated rings. The van der Waals surface area contributed by atoms with Crippen molar-refractivity contribution in [3.63, 3.8) is 0 Å². The summed E-state index contributed by atoms with van der Waals surface area (Å²) in [6, 6.07) is 17.7. The lowest BCUT2D eigenvalue weighted by molar-refractivity contribution is -0.0442. The van der Waals surface area contributed by atoms with Crippen molar-refractivity contribution in [3.8, 4) is 0 Å². The van der Waals surface area contributed by atoms with Crippen molar-refractivity contribution in [2.75, 3.05) is 19.7 Å². The maximum Gasteiger partial charge on any atom is 0.258 e. The third-order valence-electron chi connectivity index (χ3n) is 4.84. The number of nitrogens with one attached hydrogen (secondary N) is 1. The summed E-state index contributed by atoms with van der Waals surface area (Å²) in [5.41, 5.74) is 1.83. The van der Waals surface area contributed by atoms with E-state index in [0.717, 1.165) is 18.6 Å². The van der Waals surface area contributed by atoms with Gasteiger partial charge in [0.25, 0.3) is 5.56 Å². The van der Waals surface area contributed by atoms with Crippen molar-refractivity contribution in [1.29, 1.82) is 0 Å².